The highest BCUT2D eigenvalue weighted by Gasteiger charge is 2.30. The van der Waals surface area contributed by atoms with Crippen molar-refractivity contribution in [2.45, 2.75) is 33.4 Å². The Morgan fingerprint density at radius 1 is 1.30 bits per heavy atom. The maximum atomic E-state index is 12.7. The number of benzene rings is 1. The van der Waals surface area contributed by atoms with Crippen molar-refractivity contribution in [2.75, 3.05) is 13.1 Å². The second-order valence-electron chi connectivity index (χ2n) is 5.17. The predicted octanol–water partition coefficient (Wildman–Crippen LogP) is 4.74. The van der Waals surface area contributed by atoms with E-state index in [2.05, 4.69) is 12.2 Å². The van der Waals surface area contributed by atoms with Crippen LogP contribution >= 0.6 is 0 Å². The van der Waals surface area contributed by atoms with Gasteiger partial charge >= 0.3 is 6.18 Å². The van der Waals surface area contributed by atoms with Crippen LogP contribution in [-0.4, -0.2) is 13.1 Å². The molecule has 0 atom stereocenters. The molecule has 0 bridgehead atoms. The summed E-state index contributed by atoms with van der Waals surface area (Å²) in [5.74, 6) is 0.300. The third-order valence-corrected chi connectivity index (χ3v) is 3.06. The summed E-state index contributed by atoms with van der Waals surface area (Å²) in [4.78, 5) is 0. The smallest absolute Gasteiger partial charge is 0.313 e. The van der Waals surface area contributed by atoms with Crippen molar-refractivity contribution in [3.05, 3.63) is 41.0 Å². The summed E-state index contributed by atoms with van der Waals surface area (Å²) in [5.41, 5.74) is 1.11. The van der Waals surface area contributed by atoms with E-state index < -0.39 is 11.7 Å². The summed E-state index contributed by atoms with van der Waals surface area (Å²) in [7, 11) is 0. The zero-order chi connectivity index (χ0) is 15.2. The van der Waals surface area contributed by atoms with Gasteiger partial charge in [-0.25, -0.2) is 0 Å². The van der Waals surface area contributed by atoms with E-state index in [0.29, 0.717) is 18.0 Å². The van der Waals surface area contributed by atoms with Crippen LogP contribution in [0.25, 0.3) is 6.08 Å². The second kappa shape index (κ2) is 7.48. The van der Waals surface area contributed by atoms with E-state index in [9.17, 15) is 13.2 Å². The van der Waals surface area contributed by atoms with Gasteiger partial charge in [-0.15, -0.1) is 0 Å². The molecule has 0 amide bonds. The Bertz CT molecular complexity index is 447. The Balaban J connectivity index is 2.93. The molecule has 4 heteroatoms. The van der Waals surface area contributed by atoms with E-state index in [4.69, 9.17) is 0 Å². The van der Waals surface area contributed by atoms with Crippen LogP contribution < -0.4 is 5.32 Å². The van der Waals surface area contributed by atoms with E-state index in [-0.39, 0.29) is 0 Å². The minimum Gasteiger partial charge on any atom is -0.313 e. The maximum Gasteiger partial charge on any atom is 0.416 e. The lowest BCUT2D eigenvalue weighted by Gasteiger charge is -2.13. The molecule has 1 aromatic rings. The number of alkyl halides is 3. The average Bonchev–Trinajstić information content (AvgIpc) is 2.37. The van der Waals surface area contributed by atoms with Crippen LogP contribution in [0.1, 0.15) is 38.3 Å². The van der Waals surface area contributed by atoms with Crippen molar-refractivity contribution in [3.8, 4) is 0 Å². The van der Waals surface area contributed by atoms with Crippen molar-refractivity contribution in [3.63, 3.8) is 0 Å². The van der Waals surface area contributed by atoms with Gasteiger partial charge in [-0.05, 0) is 36.6 Å². The number of hydrogen-bond donors (Lipinski definition) is 1. The molecule has 0 radical (unpaired) electrons. The van der Waals surface area contributed by atoms with Crippen LogP contribution in [0.15, 0.2) is 29.8 Å². The van der Waals surface area contributed by atoms with Crippen LogP contribution in [0.3, 0.4) is 0 Å². The Morgan fingerprint density at radius 2 is 2.00 bits per heavy atom. The molecular formula is C16H22F3N. The zero-order valence-corrected chi connectivity index (χ0v) is 12.2. The van der Waals surface area contributed by atoms with Gasteiger partial charge in [-0.2, -0.15) is 13.2 Å². The fraction of sp³-hybridized carbons (Fsp3) is 0.500. The van der Waals surface area contributed by atoms with Gasteiger partial charge in [0, 0.05) is 6.54 Å². The van der Waals surface area contributed by atoms with Crippen LogP contribution in [0.4, 0.5) is 13.2 Å². The first-order valence-corrected chi connectivity index (χ1v) is 6.93. The van der Waals surface area contributed by atoms with E-state index in [0.717, 1.165) is 24.6 Å². The zero-order valence-electron chi connectivity index (χ0n) is 12.2. The van der Waals surface area contributed by atoms with Crippen molar-refractivity contribution in [1.82, 2.24) is 5.32 Å². The van der Waals surface area contributed by atoms with Gasteiger partial charge in [0.15, 0.2) is 0 Å². The number of hydrogen-bond acceptors (Lipinski definition) is 1. The fourth-order valence-corrected chi connectivity index (χ4v) is 1.85. The summed E-state index contributed by atoms with van der Waals surface area (Å²) < 4.78 is 38.0. The first kappa shape index (κ1) is 16.8. The number of halogens is 3. The predicted molar refractivity (Wildman–Crippen MR) is 77.4 cm³/mol. The Labute approximate surface area is 118 Å². The summed E-state index contributed by atoms with van der Waals surface area (Å²) in [5, 5.41) is 3.29. The van der Waals surface area contributed by atoms with E-state index in [1.54, 1.807) is 6.07 Å². The SMILES string of the molecule is CCCNCC(=Cc1cccc(C(F)(F)F)c1)C(C)C. The molecular weight excluding hydrogens is 263 g/mol. The molecule has 0 saturated heterocycles. The van der Waals surface area contributed by atoms with Gasteiger partial charge in [-0.3, -0.25) is 0 Å². The Kier molecular flexibility index (Phi) is 6.27. The first-order valence-electron chi connectivity index (χ1n) is 6.93. The molecule has 0 aliphatic carbocycles. The van der Waals surface area contributed by atoms with Crippen LogP contribution in [0, 0.1) is 5.92 Å². The van der Waals surface area contributed by atoms with Gasteiger partial charge < -0.3 is 5.32 Å². The number of rotatable bonds is 6. The molecule has 0 spiro atoms. The van der Waals surface area contributed by atoms with Crippen molar-refractivity contribution >= 4 is 6.08 Å². The summed E-state index contributed by atoms with van der Waals surface area (Å²) in [6, 6.07) is 5.45. The fourth-order valence-electron chi connectivity index (χ4n) is 1.85. The summed E-state index contributed by atoms with van der Waals surface area (Å²) >= 11 is 0. The highest BCUT2D eigenvalue weighted by Crippen LogP contribution is 2.30. The number of nitrogens with one attached hydrogen (secondary N) is 1. The summed E-state index contributed by atoms with van der Waals surface area (Å²) in [6.07, 6.45) is -1.40. The monoisotopic (exact) mass is 285 g/mol. The molecule has 1 nitrogen and oxygen atoms in total. The molecule has 0 heterocycles. The topological polar surface area (TPSA) is 12.0 Å². The first-order chi connectivity index (χ1) is 9.34. The standard InChI is InChI=1S/C16H22F3N/c1-4-8-20-11-14(12(2)3)9-13-6-5-7-15(10-13)16(17,18)19/h5-7,9-10,12,20H,4,8,11H2,1-3H3. The van der Waals surface area contributed by atoms with Crippen LogP contribution in [0.2, 0.25) is 0 Å². The largest absolute Gasteiger partial charge is 0.416 e. The molecule has 20 heavy (non-hydrogen) atoms. The van der Waals surface area contributed by atoms with Crippen LogP contribution in [-0.2, 0) is 6.18 Å². The molecule has 0 saturated carbocycles. The molecule has 0 aromatic heterocycles. The van der Waals surface area contributed by atoms with E-state index >= 15 is 0 Å². The lowest BCUT2D eigenvalue weighted by molar-refractivity contribution is -0.137. The van der Waals surface area contributed by atoms with Gasteiger partial charge in [0.25, 0.3) is 0 Å². The third kappa shape index (κ3) is 5.37. The van der Waals surface area contributed by atoms with Crippen LogP contribution in [0.5, 0.6) is 0 Å². The van der Waals surface area contributed by atoms with Gasteiger partial charge in [-0.1, -0.05) is 44.6 Å². The lowest BCUT2D eigenvalue weighted by Crippen LogP contribution is -2.19. The average molecular weight is 285 g/mol. The van der Waals surface area contributed by atoms with E-state index in [1.165, 1.54) is 12.1 Å². The van der Waals surface area contributed by atoms with E-state index in [1.807, 2.05) is 19.9 Å². The maximum absolute atomic E-state index is 12.7. The third-order valence-electron chi connectivity index (χ3n) is 3.06. The second-order valence-corrected chi connectivity index (χ2v) is 5.17. The molecule has 112 valence electrons. The molecule has 1 N–H and O–H groups in total. The lowest BCUT2D eigenvalue weighted by atomic mass is 9.99. The Hall–Kier alpha value is -1.29. The highest BCUT2D eigenvalue weighted by atomic mass is 19.4. The quantitative estimate of drug-likeness (QED) is 0.744. The molecule has 0 aliphatic rings. The van der Waals surface area contributed by atoms with Crippen molar-refractivity contribution in [1.29, 1.82) is 0 Å². The minimum atomic E-state index is -4.29. The molecule has 0 fully saturated rings. The minimum absolute atomic E-state index is 0.300. The molecule has 1 aromatic carbocycles. The summed E-state index contributed by atoms with van der Waals surface area (Å²) in [6.45, 7) is 7.80. The Morgan fingerprint density at radius 3 is 2.55 bits per heavy atom. The highest BCUT2D eigenvalue weighted by molar-refractivity contribution is 5.55. The molecule has 1 rings (SSSR count). The van der Waals surface area contributed by atoms with Gasteiger partial charge in [0.1, 0.15) is 0 Å². The van der Waals surface area contributed by atoms with Gasteiger partial charge in [0.2, 0.25) is 0 Å². The van der Waals surface area contributed by atoms with Gasteiger partial charge in [0.05, 0.1) is 5.56 Å². The van der Waals surface area contributed by atoms with Crippen molar-refractivity contribution < 1.29 is 13.2 Å². The molecule has 0 aliphatic heterocycles. The normalized spacial score (nSPS) is 13.1. The van der Waals surface area contributed by atoms with Crippen molar-refractivity contribution in [2.24, 2.45) is 5.92 Å². The molecule has 0 unspecified atom stereocenters.